The van der Waals surface area contributed by atoms with Crippen LogP contribution in [0.15, 0.2) is 57.3 Å². The lowest BCUT2D eigenvalue weighted by molar-refractivity contribution is -0.113. The quantitative estimate of drug-likeness (QED) is 0.170. The molecule has 1 atom stereocenters. The molecule has 1 unspecified atom stereocenters. The molecule has 226 valence electrons. The first kappa shape index (κ1) is 31.7. The number of nitrogens with zero attached hydrogens (tertiary/aromatic N) is 3. The highest BCUT2D eigenvalue weighted by Crippen LogP contribution is 2.43. The Kier molecular flexibility index (Phi) is 11.2. The van der Waals surface area contributed by atoms with E-state index in [-0.39, 0.29) is 5.91 Å². The van der Waals surface area contributed by atoms with Crippen molar-refractivity contribution in [3.63, 3.8) is 0 Å². The molecule has 11 heteroatoms. The Balaban J connectivity index is 1.80. The van der Waals surface area contributed by atoms with Crippen LogP contribution in [-0.4, -0.2) is 46.2 Å². The van der Waals surface area contributed by atoms with Gasteiger partial charge < -0.3 is 24.8 Å². The maximum Gasteiger partial charge on any atom is 0.255 e. The topological polar surface area (TPSA) is 99.5 Å². The first-order valence-electron chi connectivity index (χ1n) is 14.5. The minimum absolute atomic E-state index is 0.271. The van der Waals surface area contributed by atoms with Gasteiger partial charge in [0.05, 0.1) is 35.6 Å². The van der Waals surface area contributed by atoms with Gasteiger partial charge in [-0.3, -0.25) is 4.79 Å². The summed E-state index contributed by atoms with van der Waals surface area (Å²) in [6.07, 6.45) is 1.92. The Morgan fingerprint density at radius 2 is 1.86 bits per heavy atom. The number of carbonyl (C=O) groups excluding carboxylic acids is 1. The lowest BCUT2D eigenvalue weighted by atomic mass is 9.94. The number of rotatable bonds is 14. The Labute approximate surface area is 260 Å². The number of thioether (sulfide) groups is 1. The second-order valence-corrected chi connectivity index (χ2v) is 12.2. The van der Waals surface area contributed by atoms with Crippen molar-refractivity contribution in [2.45, 2.75) is 65.6 Å². The third kappa shape index (κ3) is 7.42. The van der Waals surface area contributed by atoms with E-state index in [9.17, 15) is 4.79 Å². The molecule has 0 spiro atoms. The lowest BCUT2D eigenvalue weighted by Crippen LogP contribution is -2.31. The first-order chi connectivity index (χ1) is 20.3. The molecule has 0 saturated carbocycles. The summed E-state index contributed by atoms with van der Waals surface area (Å²) in [7, 11) is 0. The van der Waals surface area contributed by atoms with Crippen molar-refractivity contribution in [2.75, 3.05) is 36.2 Å². The summed E-state index contributed by atoms with van der Waals surface area (Å²) >= 11 is 5.32. The van der Waals surface area contributed by atoms with E-state index < -0.39 is 6.04 Å². The number of aromatic nitrogens is 3. The number of anilines is 2. The summed E-state index contributed by atoms with van der Waals surface area (Å²) in [6, 6.07) is 10.8. The minimum atomic E-state index is -0.579. The predicted molar refractivity (Wildman–Crippen MR) is 172 cm³/mol. The minimum Gasteiger partial charge on any atom is -0.492 e. The Hall–Kier alpha value is -3.18. The lowest BCUT2D eigenvalue weighted by Gasteiger charge is -2.29. The number of hydrogen-bond donors (Lipinski definition) is 2. The molecule has 1 aliphatic heterocycles. The van der Waals surface area contributed by atoms with Gasteiger partial charge in [-0.05, 0) is 85.3 Å². The van der Waals surface area contributed by atoms with Gasteiger partial charge in [-0.1, -0.05) is 44.7 Å². The Bertz CT molecular complexity index is 1420. The third-order valence-corrected chi connectivity index (χ3v) is 8.17. The maximum absolute atomic E-state index is 14.1. The van der Waals surface area contributed by atoms with Crippen LogP contribution in [0.3, 0.4) is 0 Å². The summed E-state index contributed by atoms with van der Waals surface area (Å²) < 4.78 is 20.5. The molecule has 0 bridgehead atoms. The van der Waals surface area contributed by atoms with E-state index in [2.05, 4.69) is 47.3 Å². The molecule has 1 aliphatic rings. The van der Waals surface area contributed by atoms with Gasteiger partial charge in [-0.15, -0.1) is 5.10 Å². The van der Waals surface area contributed by atoms with Gasteiger partial charge in [0.25, 0.3) is 5.91 Å². The highest BCUT2D eigenvalue weighted by Gasteiger charge is 2.36. The molecule has 2 aromatic carbocycles. The number of halogens is 1. The van der Waals surface area contributed by atoms with Gasteiger partial charge in [0.2, 0.25) is 11.1 Å². The van der Waals surface area contributed by atoms with Gasteiger partial charge >= 0.3 is 0 Å². The van der Waals surface area contributed by atoms with Crippen molar-refractivity contribution in [3.8, 4) is 17.2 Å². The van der Waals surface area contributed by atoms with Crippen LogP contribution in [0.5, 0.6) is 17.2 Å². The molecular formula is C31H40BrN5O4S. The van der Waals surface area contributed by atoms with Crippen molar-refractivity contribution in [1.82, 2.24) is 14.8 Å². The van der Waals surface area contributed by atoms with Crippen molar-refractivity contribution < 1.29 is 19.0 Å². The molecule has 0 aliphatic carbocycles. The van der Waals surface area contributed by atoms with Crippen LogP contribution in [0.2, 0.25) is 0 Å². The molecule has 1 aromatic heterocycles. The van der Waals surface area contributed by atoms with E-state index in [1.54, 1.807) is 16.4 Å². The SMILES string of the molecule is CCCSc1nc2n(n1)C(c1cc(Br)c(OCCC(C)C)c(OCC)c1)C(C(=O)Nc1ccccc1OCC)=C(C)N2. The highest BCUT2D eigenvalue weighted by atomic mass is 79.9. The fraction of sp³-hybridized carbons (Fsp3) is 0.452. The van der Waals surface area contributed by atoms with E-state index in [0.29, 0.717) is 71.0 Å². The number of hydrogen-bond acceptors (Lipinski definition) is 8. The van der Waals surface area contributed by atoms with Crippen LogP contribution >= 0.6 is 27.7 Å². The molecule has 2 heterocycles. The maximum atomic E-state index is 14.1. The zero-order valence-corrected chi connectivity index (χ0v) is 27.5. The number of benzene rings is 2. The van der Waals surface area contributed by atoms with Gasteiger partial charge in [0, 0.05) is 11.4 Å². The monoisotopic (exact) mass is 657 g/mol. The Morgan fingerprint density at radius 1 is 1.12 bits per heavy atom. The summed E-state index contributed by atoms with van der Waals surface area (Å²) in [6.45, 7) is 13.7. The summed E-state index contributed by atoms with van der Waals surface area (Å²) in [4.78, 5) is 18.8. The average molecular weight is 659 g/mol. The van der Waals surface area contributed by atoms with Crippen LogP contribution in [0.1, 0.15) is 66.0 Å². The first-order valence-corrected chi connectivity index (χ1v) is 16.2. The zero-order valence-electron chi connectivity index (χ0n) is 25.1. The molecule has 3 aromatic rings. The molecule has 0 radical (unpaired) electrons. The molecule has 4 rings (SSSR count). The van der Waals surface area contributed by atoms with E-state index >= 15 is 0 Å². The van der Waals surface area contributed by atoms with Gasteiger partial charge in [-0.2, -0.15) is 4.98 Å². The number of allylic oxidation sites excluding steroid dienone is 1. The second-order valence-electron chi connectivity index (χ2n) is 10.3. The predicted octanol–water partition coefficient (Wildman–Crippen LogP) is 7.69. The average Bonchev–Trinajstić information content (AvgIpc) is 3.35. The number of para-hydroxylation sites is 2. The molecular weight excluding hydrogens is 618 g/mol. The van der Waals surface area contributed by atoms with Crippen molar-refractivity contribution >= 4 is 45.2 Å². The molecule has 9 nitrogen and oxygen atoms in total. The van der Waals surface area contributed by atoms with Crippen LogP contribution < -0.4 is 24.8 Å². The fourth-order valence-electron chi connectivity index (χ4n) is 4.57. The molecule has 0 saturated heterocycles. The van der Waals surface area contributed by atoms with Gasteiger partial charge in [0.15, 0.2) is 11.5 Å². The van der Waals surface area contributed by atoms with Crippen molar-refractivity contribution in [3.05, 3.63) is 57.7 Å². The standard InChI is InChI=1S/C31H40BrN5O4S/c1-7-16-42-31-35-30-33-20(6)26(29(38)34-23-12-10-11-13-24(23)39-8-2)27(37(30)36-31)21-17-22(32)28(25(18-21)40-9-3)41-15-14-19(4)5/h10-13,17-19,27H,7-9,14-16H2,1-6H3,(H,34,38)(H,33,35,36). The van der Waals surface area contributed by atoms with E-state index in [4.69, 9.17) is 24.3 Å². The van der Waals surface area contributed by atoms with Crippen molar-refractivity contribution in [2.24, 2.45) is 5.92 Å². The second kappa shape index (κ2) is 14.8. The number of nitrogens with one attached hydrogen (secondary N) is 2. The number of amides is 1. The number of ether oxygens (including phenoxy) is 3. The molecule has 1 amide bonds. The number of fused-ring (bicyclic) bond motifs is 1. The molecule has 2 N–H and O–H groups in total. The molecule has 42 heavy (non-hydrogen) atoms. The normalized spacial score (nSPS) is 14.4. The van der Waals surface area contributed by atoms with Crippen LogP contribution in [0.4, 0.5) is 11.6 Å². The van der Waals surface area contributed by atoms with E-state index in [1.807, 2.05) is 57.2 Å². The van der Waals surface area contributed by atoms with Gasteiger partial charge in [-0.25, -0.2) is 4.68 Å². The fourth-order valence-corrected chi connectivity index (χ4v) is 5.83. The number of carbonyl (C=O) groups is 1. The van der Waals surface area contributed by atoms with Crippen LogP contribution in [-0.2, 0) is 4.79 Å². The van der Waals surface area contributed by atoms with Gasteiger partial charge in [0.1, 0.15) is 11.8 Å². The smallest absolute Gasteiger partial charge is 0.255 e. The zero-order chi connectivity index (χ0) is 30.2. The summed E-state index contributed by atoms with van der Waals surface area (Å²) in [5.74, 6) is 3.57. The van der Waals surface area contributed by atoms with E-state index in [1.165, 1.54) is 0 Å². The Morgan fingerprint density at radius 3 is 2.57 bits per heavy atom. The third-order valence-electron chi connectivity index (χ3n) is 6.54. The van der Waals surface area contributed by atoms with Crippen LogP contribution in [0, 0.1) is 5.92 Å². The van der Waals surface area contributed by atoms with Crippen LogP contribution in [0.25, 0.3) is 0 Å². The largest absolute Gasteiger partial charge is 0.492 e. The van der Waals surface area contributed by atoms with E-state index in [0.717, 1.165) is 28.6 Å². The highest BCUT2D eigenvalue weighted by molar-refractivity contribution is 9.10. The summed E-state index contributed by atoms with van der Waals surface area (Å²) in [5.41, 5.74) is 2.60. The van der Waals surface area contributed by atoms with Crippen molar-refractivity contribution in [1.29, 1.82) is 0 Å². The summed E-state index contributed by atoms with van der Waals surface area (Å²) in [5, 5.41) is 11.9. The molecule has 0 fully saturated rings.